The van der Waals surface area contributed by atoms with Gasteiger partial charge in [-0.3, -0.25) is 19.1 Å². The van der Waals surface area contributed by atoms with Crippen molar-refractivity contribution in [3.05, 3.63) is 58.6 Å². The van der Waals surface area contributed by atoms with Gasteiger partial charge in [0.05, 0.1) is 12.3 Å². The zero-order chi connectivity index (χ0) is 30.2. The van der Waals surface area contributed by atoms with Crippen LogP contribution in [0.3, 0.4) is 0 Å². The minimum absolute atomic E-state index is 0.0510. The molecule has 1 unspecified atom stereocenters. The Balaban J connectivity index is 1.55. The summed E-state index contributed by atoms with van der Waals surface area (Å²) in [6, 6.07) is 4.75. The van der Waals surface area contributed by atoms with Crippen LogP contribution in [-0.2, 0) is 9.47 Å². The van der Waals surface area contributed by atoms with Gasteiger partial charge in [0.2, 0.25) is 5.88 Å². The average molecular weight is 579 g/mol. The normalized spacial score (nSPS) is 16.9. The van der Waals surface area contributed by atoms with Crippen molar-refractivity contribution in [3.63, 3.8) is 0 Å². The highest BCUT2D eigenvalue weighted by Crippen LogP contribution is 2.26. The lowest BCUT2D eigenvalue weighted by atomic mass is 10.2. The number of carbonyl (C=O) groups excluding carboxylic acids is 2. The van der Waals surface area contributed by atoms with E-state index in [1.165, 1.54) is 33.6 Å². The molecule has 0 aromatic carbocycles. The third-order valence-electron chi connectivity index (χ3n) is 6.91. The second-order valence-electron chi connectivity index (χ2n) is 11.1. The number of hydrogen-bond donors (Lipinski definition) is 2. The van der Waals surface area contributed by atoms with E-state index in [9.17, 15) is 14.4 Å². The van der Waals surface area contributed by atoms with Gasteiger partial charge in [0.1, 0.15) is 34.2 Å². The lowest BCUT2D eigenvalue weighted by Crippen LogP contribution is -2.35. The number of aryl methyl sites for hydroxylation is 1. The van der Waals surface area contributed by atoms with Crippen molar-refractivity contribution >= 4 is 35.0 Å². The Bertz CT molecular complexity index is 1680. The largest absolute Gasteiger partial charge is 0.443 e. The molecule has 0 spiro atoms. The molecule has 0 bridgehead atoms. The first-order chi connectivity index (χ1) is 19.9. The van der Waals surface area contributed by atoms with Crippen LogP contribution in [0.5, 0.6) is 0 Å². The first-order valence-corrected chi connectivity index (χ1v) is 13.5. The number of anilines is 3. The Kier molecular flexibility index (Phi) is 7.73. The van der Waals surface area contributed by atoms with E-state index in [1.54, 1.807) is 59.2 Å². The Morgan fingerprint density at radius 2 is 2.02 bits per heavy atom. The van der Waals surface area contributed by atoms with Crippen LogP contribution in [0.2, 0.25) is 0 Å². The van der Waals surface area contributed by atoms with Gasteiger partial charge in [-0.15, -0.1) is 0 Å². The van der Waals surface area contributed by atoms with E-state index in [1.807, 2.05) is 0 Å². The highest BCUT2D eigenvalue weighted by Gasteiger charge is 2.29. The van der Waals surface area contributed by atoms with Crippen molar-refractivity contribution in [3.8, 4) is 5.88 Å². The molecule has 14 heteroatoms. The summed E-state index contributed by atoms with van der Waals surface area (Å²) in [5, 5.41) is 10.5. The standard InChI is InChI=1S/C28H34N8O6/c1-16-26(41-15-29-16)35-11-7-8-20(25(35)38)32-21-13-22(34(5)27(39)42-28(2,3)4)36-23(33-21)19(14-30-36)24(37)31-17-9-10-18(12-17)40-6/h7-8,11,13-15,17-18H,9-10,12H2,1-6H3,(H,31,37)(H,32,33)/t17?,18-/m1/s1. The molecule has 4 aromatic rings. The monoisotopic (exact) mass is 578 g/mol. The molecule has 2 amide bonds. The van der Waals surface area contributed by atoms with Gasteiger partial charge in [0.25, 0.3) is 11.5 Å². The van der Waals surface area contributed by atoms with Crippen LogP contribution >= 0.6 is 0 Å². The Hall–Kier alpha value is -4.72. The maximum absolute atomic E-state index is 13.4. The van der Waals surface area contributed by atoms with E-state index in [2.05, 4.69) is 25.7 Å². The fourth-order valence-corrected chi connectivity index (χ4v) is 4.80. The number of ether oxygens (including phenoxy) is 2. The summed E-state index contributed by atoms with van der Waals surface area (Å²) in [5.74, 6) is 0.394. The van der Waals surface area contributed by atoms with Crippen LogP contribution in [0.25, 0.3) is 11.5 Å². The van der Waals surface area contributed by atoms with Crippen LogP contribution in [-0.4, -0.2) is 68.1 Å². The van der Waals surface area contributed by atoms with Gasteiger partial charge >= 0.3 is 6.09 Å². The topological polar surface area (TPSA) is 158 Å². The van der Waals surface area contributed by atoms with E-state index in [4.69, 9.17) is 13.9 Å². The van der Waals surface area contributed by atoms with Crippen LogP contribution < -0.4 is 21.1 Å². The molecule has 0 radical (unpaired) electrons. The molecular weight excluding hydrogens is 544 g/mol. The van der Waals surface area contributed by atoms with Crippen molar-refractivity contribution in [1.29, 1.82) is 0 Å². The first-order valence-electron chi connectivity index (χ1n) is 13.5. The number of rotatable bonds is 7. The van der Waals surface area contributed by atoms with Gasteiger partial charge in [0, 0.05) is 32.5 Å². The van der Waals surface area contributed by atoms with Gasteiger partial charge in [-0.2, -0.15) is 9.61 Å². The lowest BCUT2D eigenvalue weighted by Gasteiger charge is -2.25. The Labute approximate surface area is 241 Å². The molecule has 14 nitrogen and oxygen atoms in total. The summed E-state index contributed by atoms with van der Waals surface area (Å²) in [6.45, 7) is 7.01. The smallest absolute Gasteiger partial charge is 0.415 e. The van der Waals surface area contributed by atoms with Gasteiger partial charge in [-0.1, -0.05) is 0 Å². The molecule has 2 atom stereocenters. The van der Waals surface area contributed by atoms with Crippen LogP contribution in [0.1, 0.15) is 56.1 Å². The number of nitrogens with zero attached hydrogens (tertiary/aromatic N) is 6. The third-order valence-corrected chi connectivity index (χ3v) is 6.91. The minimum Gasteiger partial charge on any atom is -0.443 e. The first kappa shape index (κ1) is 28.8. The molecule has 42 heavy (non-hydrogen) atoms. The number of methoxy groups -OCH3 is 1. The van der Waals surface area contributed by atoms with Crippen molar-refractivity contribution < 1.29 is 23.5 Å². The molecule has 4 aromatic heterocycles. The summed E-state index contributed by atoms with van der Waals surface area (Å²) in [6.07, 6.45) is 6.04. The van der Waals surface area contributed by atoms with Gasteiger partial charge < -0.3 is 24.5 Å². The van der Waals surface area contributed by atoms with Gasteiger partial charge in [-0.05, 0) is 59.1 Å². The van der Waals surface area contributed by atoms with E-state index in [-0.39, 0.29) is 52.5 Å². The SMILES string of the molecule is CO[C@@H]1CCC(NC(=O)c2cnn3c(N(C)C(=O)OC(C)(C)C)cc(Nc4cccn(-c5ocnc5C)c4=O)nc23)C1. The molecule has 0 saturated heterocycles. The van der Waals surface area contributed by atoms with Gasteiger partial charge in [-0.25, -0.2) is 14.8 Å². The quantitative estimate of drug-likeness (QED) is 0.332. The molecule has 1 saturated carbocycles. The number of nitrogens with one attached hydrogen (secondary N) is 2. The molecule has 222 valence electrons. The lowest BCUT2D eigenvalue weighted by molar-refractivity contribution is 0.0587. The van der Waals surface area contributed by atoms with Crippen LogP contribution in [0.4, 0.5) is 22.1 Å². The predicted octanol–water partition coefficient (Wildman–Crippen LogP) is 3.59. The zero-order valence-electron chi connectivity index (χ0n) is 24.4. The zero-order valence-corrected chi connectivity index (χ0v) is 24.4. The van der Waals surface area contributed by atoms with Crippen LogP contribution in [0.15, 0.2) is 46.2 Å². The van der Waals surface area contributed by atoms with Gasteiger partial charge in [0.15, 0.2) is 12.0 Å². The van der Waals surface area contributed by atoms with E-state index >= 15 is 0 Å². The maximum Gasteiger partial charge on any atom is 0.415 e. The molecule has 1 aliphatic carbocycles. The summed E-state index contributed by atoms with van der Waals surface area (Å²) >= 11 is 0. The molecule has 1 aliphatic rings. The Morgan fingerprint density at radius 3 is 2.69 bits per heavy atom. The van der Waals surface area contributed by atoms with Crippen LogP contribution in [0, 0.1) is 6.92 Å². The number of fused-ring (bicyclic) bond motifs is 1. The van der Waals surface area contributed by atoms with E-state index in [0.29, 0.717) is 12.1 Å². The predicted molar refractivity (Wildman–Crippen MR) is 154 cm³/mol. The number of pyridine rings is 1. The summed E-state index contributed by atoms with van der Waals surface area (Å²) in [5.41, 5.74) is -0.0421. The fraction of sp³-hybridized carbons (Fsp3) is 0.429. The van der Waals surface area contributed by atoms with Crippen molar-refractivity contribution in [2.45, 2.75) is 64.7 Å². The molecular formula is C28H34N8O6. The average Bonchev–Trinajstić information content (AvgIpc) is 3.68. The molecule has 1 fully saturated rings. The molecule has 4 heterocycles. The fourth-order valence-electron chi connectivity index (χ4n) is 4.80. The second kappa shape index (κ2) is 11.3. The van der Waals surface area contributed by atoms with Crippen molar-refractivity contribution in [2.24, 2.45) is 0 Å². The molecule has 5 rings (SSSR count). The molecule has 0 aliphatic heterocycles. The summed E-state index contributed by atoms with van der Waals surface area (Å²) < 4.78 is 19.1. The maximum atomic E-state index is 13.4. The second-order valence-corrected chi connectivity index (χ2v) is 11.1. The summed E-state index contributed by atoms with van der Waals surface area (Å²) in [4.78, 5) is 49.7. The number of oxazole rings is 1. The van der Waals surface area contributed by atoms with E-state index < -0.39 is 17.3 Å². The minimum atomic E-state index is -0.747. The number of amides is 2. The van der Waals surface area contributed by atoms with E-state index in [0.717, 1.165) is 12.8 Å². The highest BCUT2D eigenvalue weighted by atomic mass is 16.6. The van der Waals surface area contributed by atoms with Crippen molar-refractivity contribution in [2.75, 3.05) is 24.4 Å². The summed E-state index contributed by atoms with van der Waals surface area (Å²) in [7, 11) is 3.19. The molecule has 2 N–H and O–H groups in total. The number of aromatic nitrogens is 5. The Morgan fingerprint density at radius 1 is 1.24 bits per heavy atom. The van der Waals surface area contributed by atoms with Crippen molar-refractivity contribution in [1.82, 2.24) is 29.5 Å². The number of carbonyl (C=O) groups is 2. The number of hydrogen-bond acceptors (Lipinski definition) is 10. The highest BCUT2D eigenvalue weighted by molar-refractivity contribution is 6.00. The third kappa shape index (κ3) is 5.84.